The number of fused-ring (bicyclic) bond motifs is 2. The molecular formula is C15H24N2O2. The van der Waals surface area contributed by atoms with E-state index >= 15 is 0 Å². The molecule has 2 aliphatic rings. The topological polar surface area (TPSA) is 58.2 Å². The van der Waals surface area contributed by atoms with Gasteiger partial charge in [0.25, 0.3) is 0 Å². The molecule has 0 spiro atoms. The van der Waals surface area contributed by atoms with Gasteiger partial charge in [-0.15, -0.1) is 0 Å². The number of allylic oxidation sites excluding steroid dienone is 1. The highest BCUT2D eigenvalue weighted by atomic mass is 16.2. The fraction of sp³-hybridized carbons (Fsp3) is 0.733. The summed E-state index contributed by atoms with van der Waals surface area (Å²) in [6.45, 7) is 10.5. The monoisotopic (exact) mass is 264 g/mol. The van der Waals surface area contributed by atoms with Gasteiger partial charge < -0.3 is 10.6 Å². The van der Waals surface area contributed by atoms with Crippen molar-refractivity contribution in [2.24, 2.45) is 23.2 Å². The number of amides is 2. The van der Waals surface area contributed by atoms with Gasteiger partial charge in [-0.25, -0.2) is 0 Å². The summed E-state index contributed by atoms with van der Waals surface area (Å²) in [5, 5.41) is 5.88. The molecular weight excluding hydrogens is 240 g/mol. The third-order valence-corrected chi connectivity index (χ3v) is 5.14. The van der Waals surface area contributed by atoms with Crippen LogP contribution in [0.25, 0.3) is 0 Å². The number of carbonyl (C=O) groups excluding carboxylic acids is 2. The van der Waals surface area contributed by atoms with Gasteiger partial charge in [-0.3, -0.25) is 9.59 Å². The van der Waals surface area contributed by atoms with Crippen molar-refractivity contribution >= 4 is 11.8 Å². The molecule has 2 amide bonds. The molecule has 0 saturated heterocycles. The smallest absolute Gasteiger partial charge is 0.221 e. The Balaban J connectivity index is 2.31. The van der Waals surface area contributed by atoms with E-state index in [0.717, 1.165) is 12.1 Å². The lowest BCUT2D eigenvalue weighted by atomic mass is 9.68. The number of hydrogen-bond acceptors (Lipinski definition) is 2. The minimum absolute atomic E-state index is 0.0205. The number of rotatable bonds is 3. The highest BCUT2D eigenvalue weighted by molar-refractivity contribution is 5.76. The van der Waals surface area contributed by atoms with Crippen LogP contribution in [0, 0.1) is 23.2 Å². The van der Waals surface area contributed by atoms with Crippen LogP contribution in [-0.4, -0.2) is 18.4 Å². The third-order valence-electron chi connectivity index (χ3n) is 5.14. The van der Waals surface area contributed by atoms with Crippen LogP contribution in [0.4, 0.5) is 0 Å². The lowest BCUT2D eigenvalue weighted by Crippen LogP contribution is -2.38. The lowest BCUT2D eigenvalue weighted by molar-refractivity contribution is -0.119. The van der Waals surface area contributed by atoms with Crippen molar-refractivity contribution in [2.45, 2.75) is 41.0 Å². The first-order valence-corrected chi connectivity index (χ1v) is 7.00. The number of nitrogens with one attached hydrogen (secondary N) is 2. The SMILES string of the molecule is CC(=O)NCC1=C(NC(C)=O)[C@H]2C[C@H]1C(C)(C)[C@H]2C. The molecule has 1 fully saturated rings. The molecule has 0 aromatic carbocycles. The normalized spacial score (nSPS) is 31.5. The maximum Gasteiger partial charge on any atom is 0.221 e. The summed E-state index contributed by atoms with van der Waals surface area (Å²) in [6, 6.07) is 0. The summed E-state index contributed by atoms with van der Waals surface area (Å²) in [7, 11) is 0. The van der Waals surface area contributed by atoms with E-state index in [0.29, 0.717) is 24.3 Å². The maximum atomic E-state index is 11.4. The van der Waals surface area contributed by atoms with E-state index in [1.807, 2.05) is 0 Å². The molecule has 2 rings (SSSR count). The summed E-state index contributed by atoms with van der Waals surface area (Å²) in [4.78, 5) is 22.5. The zero-order valence-corrected chi connectivity index (χ0v) is 12.5. The molecule has 0 heterocycles. The van der Waals surface area contributed by atoms with Crippen molar-refractivity contribution < 1.29 is 9.59 Å². The average Bonchev–Trinajstić information content (AvgIpc) is 2.72. The maximum absolute atomic E-state index is 11.4. The summed E-state index contributed by atoms with van der Waals surface area (Å²) in [5.74, 6) is 1.39. The van der Waals surface area contributed by atoms with E-state index in [2.05, 4.69) is 31.4 Å². The van der Waals surface area contributed by atoms with E-state index in [9.17, 15) is 9.59 Å². The Bertz CT molecular complexity index is 451. The Morgan fingerprint density at radius 3 is 2.42 bits per heavy atom. The molecule has 0 aromatic rings. The van der Waals surface area contributed by atoms with Crippen molar-refractivity contribution in [2.75, 3.05) is 6.54 Å². The van der Waals surface area contributed by atoms with Crippen LogP contribution in [0.5, 0.6) is 0 Å². The minimum Gasteiger partial charge on any atom is -0.353 e. The van der Waals surface area contributed by atoms with Crippen LogP contribution in [0.1, 0.15) is 41.0 Å². The van der Waals surface area contributed by atoms with Crippen molar-refractivity contribution in [3.05, 3.63) is 11.3 Å². The largest absolute Gasteiger partial charge is 0.353 e. The molecule has 1 saturated carbocycles. The Kier molecular flexibility index (Phi) is 3.45. The zero-order chi connectivity index (χ0) is 14.4. The standard InChI is InChI=1S/C15H24N2O2/c1-8-11-6-13(15(8,4)5)12(7-16-9(2)18)14(11)17-10(3)19/h8,11,13H,6-7H2,1-5H3,(H,16,18)(H,17,19)/t8-,11-,13+/m0/s1. The molecule has 4 nitrogen and oxygen atoms in total. The molecule has 2 bridgehead atoms. The highest BCUT2D eigenvalue weighted by Crippen LogP contribution is 2.60. The van der Waals surface area contributed by atoms with Crippen molar-refractivity contribution in [3.8, 4) is 0 Å². The molecule has 0 aliphatic heterocycles. The van der Waals surface area contributed by atoms with Crippen molar-refractivity contribution in [1.29, 1.82) is 0 Å². The second-order valence-corrected chi connectivity index (χ2v) is 6.53. The van der Waals surface area contributed by atoms with Gasteiger partial charge >= 0.3 is 0 Å². The Hall–Kier alpha value is -1.32. The predicted molar refractivity (Wildman–Crippen MR) is 74.1 cm³/mol. The second-order valence-electron chi connectivity index (χ2n) is 6.53. The number of carbonyl (C=O) groups is 2. The first-order valence-electron chi connectivity index (χ1n) is 7.00. The van der Waals surface area contributed by atoms with E-state index in [1.165, 1.54) is 12.5 Å². The van der Waals surface area contributed by atoms with Gasteiger partial charge in [0.05, 0.1) is 0 Å². The van der Waals surface area contributed by atoms with E-state index in [4.69, 9.17) is 0 Å². The van der Waals surface area contributed by atoms with Gasteiger partial charge in [0.15, 0.2) is 0 Å². The Labute approximate surface area is 115 Å². The first-order chi connectivity index (χ1) is 8.75. The van der Waals surface area contributed by atoms with E-state index < -0.39 is 0 Å². The van der Waals surface area contributed by atoms with Gasteiger partial charge in [-0.1, -0.05) is 20.8 Å². The van der Waals surface area contributed by atoms with Crippen molar-refractivity contribution in [3.63, 3.8) is 0 Å². The van der Waals surface area contributed by atoms with E-state index in [-0.39, 0.29) is 17.2 Å². The van der Waals surface area contributed by atoms with Gasteiger partial charge in [-0.05, 0) is 29.2 Å². The summed E-state index contributed by atoms with van der Waals surface area (Å²) in [6.07, 6.45) is 1.10. The first kappa shape index (κ1) is 14.1. The predicted octanol–water partition coefficient (Wildman–Crippen LogP) is 1.82. The van der Waals surface area contributed by atoms with Gasteiger partial charge in [0.1, 0.15) is 0 Å². The zero-order valence-electron chi connectivity index (χ0n) is 12.5. The van der Waals surface area contributed by atoms with Crippen LogP contribution in [-0.2, 0) is 9.59 Å². The van der Waals surface area contributed by atoms with Gasteiger partial charge in [0.2, 0.25) is 11.8 Å². The second kappa shape index (κ2) is 4.66. The average molecular weight is 264 g/mol. The fourth-order valence-electron chi connectivity index (χ4n) is 3.78. The van der Waals surface area contributed by atoms with Crippen LogP contribution in [0.2, 0.25) is 0 Å². The fourth-order valence-corrected chi connectivity index (χ4v) is 3.78. The molecule has 2 aliphatic carbocycles. The molecule has 2 N–H and O–H groups in total. The molecule has 106 valence electrons. The Morgan fingerprint density at radius 2 is 1.89 bits per heavy atom. The molecule has 0 aromatic heterocycles. The minimum atomic E-state index is -0.0247. The quantitative estimate of drug-likeness (QED) is 0.817. The summed E-state index contributed by atoms with van der Waals surface area (Å²) in [5.41, 5.74) is 2.53. The summed E-state index contributed by atoms with van der Waals surface area (Å²) >= 11 is 0. The summed E-state index contributed by atoms with van der Waals surface area (Å²) < 4.78 is 0. The number of hydrogen-bond donors (Lipinski definition) is 2. The van der Waals surface area contributed by atoms with Crippen LogP contribution < -0.4 is 10.6 Å². The van der Waals surface area contributed by atoms with Gasteiger partial charge in [0, 0.05) is 32.0 Å². The van der Waals surface area contributed by atoms with Crippen LogP contribution >= 0.6 is 0 Å². The highest BCUT2D eigenvalue weighted by Gasteiger charge is 2.54. The lowest BCUT2D eigenvalue weighted by Gasteiger charge is -2.39. The van der Waals surface area contributed by atoms with Crippen LogP contribution in [0.3, 0.4) is 0 Å². The molecule has 4 heteroatoms. The molecule has 3 atom stereocenters. The molecule has 0 unspecified atom stereocenters. The third kappa shape index (κ3) is 2.28. The Morgan fingerprint density at radius 1 is 1.26 bits per heavy atom. The van der Waals surface area contributed by atoms with E-state index in [1.54, 1.807) is 6.92 Å². The molecule has 0 radical (unpaired) electrons. The van der Waals surface area contributed by atoms with Crippen LogP contribution in [0.15, 0.2) is 11.3 Å². The van der Waals surface area contributed by atoms with Gasteiger partial charge in [-0.2, -0.15) is 0 Å². The molecule has 19 heavy (non-hydrogen) atoms. The van der Waals surface area contributed by atoms with Crippen molar-refractivity contribution in [1.82, 2.24) is 10.6 Å².